The second-order valence-corrected chi connectivity index (χ2v) is 15.2. The highest BCUT2D eigenvalue weighted by Gasteiger charge is 2.57. The molecule has 0 atom stereocenters. The van der Waals surface area contributed by atoms with E-state index < -0.39 is 0 Å². The van der Waals surface area contributed by atoms with Crippen molar-refractivity contribution in [2.45, 2.75) is 52.4 Å². The Morgan fingerprint density at radius 1 is 0.333 bits per heavy atom. The molecule has 8 rings (SSSR count). The van der Waals surface area contributed by atoms with Crippen LogP contribution in [0, 0.1) is 5.41 Å². The van der Waals surface area contributed by atoms with Gasteiger partial charge in [0.05, 0.1) is 22.8 Å². The average Bonchev–Trinajstić information content (AvgIpc) is 3.28. The van der Waals surface area contributed by atoms with E-state index in [2.05, 4.69) is 163 Å². The fourth-order valence-corrected chi connectivity index (χ4v) is 7.62. The predicted octanol–water partition coefficient (Wildman–Crippen LogP) is 11.9. The molecule has 0 radical (unpaired) electrons. The second kappa shape index (κ2) is 12.2. The van der Waals surface area contributed by atoms with Gasteiger partial charge in [0.25, 0.3) is 0 Å². The smallest absolute Gasteiger partial charge is 0.161 e. The van der Waals surface area contributed by atoms with Crippen LogP contribution in [0.25, 0.3) is 67.8 Å². The summed E-state index contributed by atoms with van der Waals surface area (Å²) < 4.78 is 0. The Morgan fingerprint density at radius 3 is 0.843 bits per heavy atom. The monoisotopic (exact) mass is 662 g/mol. The Hall–Kier alpha value is -5.74. The highest BCUT2D eigenvalue weighted by atomic mass is 14.9. The molecule has 0 fully saturated rings. The SMILES string of the molecule is CC1(C)c2cc(-c3nc(-c4ccccc4)cc(-c4ccccc4)n3)c(-c3nc(-c4ccccc4)cc(-c4ccccc4)n3)cc2C(C)(C)C1(C)C. The lowest BCUT2D eigenvalue weighted by molar-refractivity contribution is 0.125. The molecule has 250 valence electrons. The molecular weight excluding hydrogens is 621 g/mol. The van der Waals surface area contributed by atoms with Crippen molar-refractivity contribution in [3.05, 3.63) is 157 Å². The maximum Gasteiger partial charge on any atom is 0.161 e. The van der Waals surface area contributed by atoms with E-state index >= 15 is 0 Å². The lowest BCUT2D eigenvalue weighted by Gasteiger charge is -2.44. The molecule has 1 aliphatic rings. The number of aromatic nitrogens is 4. The first kappa shape index (κ1) is 32.5. The van der Waals surface area contributed by atoms with Gasteiger partial charge >= 0.3 is 0 Å². The van der Waals surface area contributed by atoms with Crippen molar-refractivity contribution in [1.82, 2.24) is 19.9 Å². The minimum absolute atomic E-state index is 0.0396. The Labute approximate surface area is 301 Å². The summed E-state index contributed by atoms with van der Waals surface area (Å²) in [5.41, 5.74) is 11.8. The Morgan fingerprint density at radius 2 is 0.588 bits per heavy atom. The van der Waals surface area contributed by atoms with Gasteiger partial charge in [-0.3, -0.25) is 0 Å². The molecule has 0 saturated heterocycles. The summed E-state index contributed by atoms with van der Waals surface area (Å²) in [6.07, 6.45) is 0. The van der Waals surface area contributed by atoms with Gasteiger partial charge in [0.1, 0.15) is 0 Å². The molecule has 4 nitrogen and oxygen atoms in total. The molecule has 5 aromatic carbocycles. The van der Waals surface area contributed by atoms with Crippen LogP contribution in [0.2, 0.25) is 0 Å². The summed E-state index contributed by atoms with van der Waals surface area (Å²) in [4.78, 5) is 21.3. The Balaban J connectivity index is 1.46. The van der Waals surface area contributed by atoms with E-state index in [1.54, 1.807) is 0 Å². The van der Waals surface area contributed by atoms with E-state index in [-0.39, 0.29) is 16.2 Å². The molecule has 0 amide bonds. The Kier molecular flexibility index (Phi) is 7.79. The maximum atomic E-state index is 5.33. The normalized spacial score (nSPS) is 15.3. The van der Waals surface area contributed by atoms with E-state index in [4.69, 9.17) is 19.9 Å². The summed E-state index contributed by atoms with van der Waals surface area (Å²) in [6, 6.07) is 50.4. The zero-order chi connectivity index (χ0) is 35.4. The van der Waals surface area contributed by atoms with Crippen molar-refractivity contribution in [1.29, 1.82) is 0 Å². The molecule has 2 aromatic heterocycles. The predicted molar refractivity (Wildman–Crippen MR) is 210 cm³/mol. The van der Waals surface area contributed by atoms with Crippen LogP contribution in [-0.4, -0.2) is 19.9 Å². The van der Waals surface area contributed by atoms with Gasteiger partial charge in [0.2, 0.25) is 0 Å². The summed E-state index contributed by atoms with van der Waals surface area (Å²) in [7, 11) is 0. The number of benzene rings is 5. The molecule has 1 aliphatic carbocycles. The van der Waals surface area contributed by atoms with Crippen molar-refractivity contribution < 1.29 is 0 Å². The van der Waals surface area contributed by atoms with Gasteiger partial charge in [-0.05, 0) is 51.6 Å². The molecule has 0 bridgehead atoms. The fourth-order valence-electron chi connectivity index (χ4n) is 7.62. The van der Waals surface area contributed by atoms with Crippen LogP contribution in [0.15, 0.2) is 146 Å². The van der Waals surface area contributed by atoms with Crippen molar-refractivity contribution in [3.8, 4) is 67.8 Å². The summed E-state index contributed by atoms with van der Waals surface area (Å²) in [5, 5.41) is 0. The van der Waals surface area contributed by atoms with Gasteiger partial charge in [0, 0.05) is 33.4 Å². The topological polar surface area (TPSA) is 51.6 Å². The molecule has 0 saturated carbocycles. The number of hydrogen-bond acceptors (Lipinski definition) is 4. The zero-order valence-corrected chi connectivity index (χ0v) is 30.1. The minimum atomic E-state index is -0.125. The number of fused-ring (bicyclic) bond motifs is 1. The van der Waals surface area contributed by atoms with Crippen LogP contribution in [0.5, 0.6) is 0 Å². The molecule has 0 N–H and O–H groups in total. The summed E-state index contributed by atoms with van der Waals surface area (Å²) >= 11 is 0. The molecule has 2 heterocycles. The van der Waals surface area contributed by atoms with Crippen LogP contribution in [0.4, 0.5) is 0 Å². The standard InChI is InChI=1S/C47H42N4/c1-45(2)37-27-35(43-48-39(31-19-11-7-12-20-31)29-40(49-43)32-21-13-8-14-22-32)36(28-38(37)46(3,4)47(45,5)6)44-50-41(33-23-15-9-16-24-33)30-42(51-44)34-25-17-10-18-26-34/h7-30H,1-6H3. The lowest BCUT2D eigenvalue weighted by atomic mass is 9.59. The summed E-state index contributed by atoms with van der Waals surface area (Å²) in [5.74, 6) is 1.31. The number of hydrogen-bond donors (Lipinski definition) is 0. The quantitative estimate of drug-likeness (QED) is 0.178. The van der Waals surface area contributed by atoms with Gasteiger partial charge in [-0.1, -0.05) is 163 Å². The molecular formula is C47H42N4. The van der Waals surface area contributed by atoms with Crippen LogP contribution in [0.3, 0.4) is 0 Å². The minimum Gasteiger partial charge on any atom is -0.228 e. The third kappa shape index (κ3) is 5.47. The fraction of sp³-hybridized carbons (Fsp3) is 0.191. The molecule has 0 unspecified atom stereocenters. The van der Waals surface area contributed by atoms with Crippen LogP contribution in [0.1, 0.15) is 52.7 Å². The molecule has 0 aliphatic heterocycles. The zero-order valence-electron chi connectivity index (χ0n) is 30.1. The first-order valence-corrected chi connectivity index (χ1v) is 17.7. The van der Waals surface area contributed by atoms with E-state index in [1.165, 1.54) is 11.1 Å². The van der Waals surface area contributed by atoms with Crippen molar-refractivity contribution in [2.24, 2.45) is 5.41 Å². The number of rotatable bonds is 6. The first-order chi connectivity index (χ1) is 24.5. The van der Waals surface area contributed by atoms with Crippen molar-refractivity contribution in [3.63, 3.8) is 0 Å². The molecule has 7 aromatic rings. The van der Waals surface area contributed by atoms with Crippen LogP contribution >= 0.6 is 0 Å². The summed E-state index contributed by atoms with van der Waals surface area (Å²) in [6.45, 7) is 14.3. The van der Waals surface area contributed by atoms with E-state index in [0.717, 1.165) is 56.2 Å². The lowest BCUT2D eigenvalue weighted by Crippen LogP contribution is -2.42. The Bertz CT molecular complexity index is 2080. The highest BCUT2D eigenvalue weighted by molar-refractivity contribution is 5.84. The van der Waals surface area contributed by atoms with E-state index in [9.17, 15) is 0 Å². The van der Waals surface area contributed by atoms with Crippen LogP contribution < -0.4 is 0 Å². The number of nitrogens with zero attached hydrogens (tertiary/aromatic N) is 4. The van der Waals surface area contributed by atoms with Gasteiger partial charge < -0.3 is 0 Å². The second-order valence-electron chi connectivity index (χ2n) is 15.2. The van der Waals surface area contributed by atoms with Crippen LogP contribution in [-0.2, 0) is 10.8 Å². The van der Waals surface area contributed by atoms with Crippen molar-refractivity contribution in [2.75, 3.05) is 0 Å². The third-order valence-electron chi connectivity index (χ3n) is 11.8. The van der Waals surface area contributed by atoms with Gasteiger partial charge in [0.15, 0.2) is 11.6 Å². The third-order valence-corrected chi connectivity index (χ3v) is 11.8. The maximum absolute atomic E-state index is 5.33. The molecule has 4 heteroatoms. The molecule has 51 heavy (non-hydrogen) atoms. The van der Waals surface area contributed by atoms with Gasteiger partial charge in [-0.2, -0.15) is 0 Å². The van der Waals surface area contributed by atoms with Gasteiger partial charge in [-0.15, -0.1) is 0 Å². The molecule has 0 spiro atoms. The largest absolute Gasteiger partial charge is 0.228 e. The first-order valence-electron chi connectivity index (χ1n) is 17.7. The van der Waals surface area contributed by atoms with Gasteiger partial charge in [-0.25, -0.2) is 19.9 Å². The van der Waals surface area contributed by atoms with Crippen molar-refractivity contribution >= 4 is 0 Å². The highest BCUT2D eigenvalue weighted by Crippen LogP contribution is 2.62. The average molecular weight is 663 g/mol. The van der Waals surface area contributed by atoms with E-state index in [0.29, 0.717) is 11.6 Å². The van der Waals surface area contributed by atoms with E-state index in [1.807, 2.05) is 24.3 Å².